The molecule has 0 saturated carbocycles. The van der Waals surface area contributed by atoms with E-state index in [1.807, 2.05) is 0 Å². The van der Waals surface area contributed by atoms with Crippen LogP contribution in [0.2, 0.25) is 0 Å². The second-order valence-corrected chi connectivity index (χ2v) is 16.6. The van der Waals surface area contributed by atoms with Crippen molar-refractivity contribution in [1.82, 2.24) is 5.32 Å². The van der Waals surface area contributed by atoms with Gasteiger partial charge >= 0.3 is 0 Å². The lowest BCUT2D eigenvalue weighted by atomic mass is 9.62. The van der Waals surface area contributed by atoms with Crippen molar-refractivity contribution in [3.05, 3.63) is 234 Å². The minimum Gasteiger partial charge on any atom is -0.457 e. The van der Waals surface area contributed by atoms with Gasteiger partial charge in [0.05, 0.1) is 17.5 Å². The number of hydrogen-bond acceptors (Lipinski definition) is 3. The van der Waals surface area contributed by atoms with Crippen molar-refractivity contribution in [2.24, 2.45) is 5.92 Å². The van der Waals surface area contributed by atoms with Crippen LogP contribution in [0.25, 0.3) is 32.7 Å². The lowest BCUT2D eigenvalue weighted by Gasteiger charge is -2.43. The van der Waals surface area contributed by atoms with Crippen LogP contribution in [0.1, 0.15) is 64.9 Å². The number of para-hydroxylation sites is 1. The number of fused-ring (bicyclic) bond motifs is 12. The van der Waals surface area contributed by atoms with E-state index in [4.69, 9.17) is 4.74 Å². The standard InChI is InChI=1S/C56H44N2O/c1-2-51-54(37-30-28-36(29-31-37)46-34-39-18-6-7-19-41(39)42-20-8-9-21-43(42)46)57-55(38-16-4-3-5-17-38)58(51)40-32-33-50-53(35-40)59-52-27-15-14-26-49(52)56(50)47-24-12-10-22-44(47)45-23-11-13-25-48(45)56/h3-35,44,47,51,54-55,57H,2H2,1H3. The second kappa shape index (κ2) is 13.4. The molecule has 59 heavy (non-hydrogen) atoms. The number of nitrogens with zero attached hydrogens (tertiary/aromatic N) is 1. The predicted octanol–water partition coefficient (Wildman–Crippen LogP) is 13.6. The molecule has 2 aliphatic heterocycles. The molecule has 12 rings (SSSR count). The molecule has 3 heteroatoms. The van der Waals surface area contributed by atoms with E-state index in [1.165, 1.54) is 66.1 Å². The summed E-state index contributed by atoms with van der Waals surface area (Å²) in [5.41, 5.74) is 11.1. The van der Waals surface area contributed by atoms with Crippen molar-refractivity contribution in [3.8, 4) is 22.6 Å². The van der Waals surface area contributed by atoms with Gasteiger partial charge in [-0.1, -0.05) is 183 Å². The van der Waals surface area contributed by atoms with Crippen LogP contribution in [0.4, 0.5) is 5.69 Å². The monoisotopic (exact) mass is 760 g/mol. The van der Waals surface area contributed by atoms with Crippen LogP contribution in [-0.2, 0) is 5.41 Å². The molecule has 284 valence electrons. The molecular weight excluding hydrogens is 717 g/mol. The number of rotatable bonds is 5. The molecular formula is C56H44N2O. The SMILES string of the molecule is CCC1C(c2ccc(-c3cc4ccccc4c4ccccc34)cc2)NC(c2ccccc2)N1c1ccc2c(c1)Oc1ccccc1C21c2ccccc2C2C=CC=CC21. The average molecular weight is 761 g/mol. The van der Waals surface area contributed by atoms with Gasteiger partial charge in [0.15, 0.2) is 0 Å². The highest BCUT2D eigenvalue weighted by Gasteiger charge is 2.56. The fraction of sp³-hybridized carbons (Fsp3) is 0.143. The van der Waals surface area contributed by atoms with Crippen LogP contribution in [0, 0.1) is 5.92 Å². The summed E-state index contributed by atoms with van der Waals surface area (Å²) in [5, 5.41) is 9.29. The first-order valence-corrected chi connectivity index (χ1v) is 21.2. The number of hydrogen-bond donors (Lipinski definition) is 1. The second-order valence-electron chi connectivity index (χ2n) is 16.6. The van der Waals surface area contributed by atoms with Crippen molar-refractivity contribution in [2.75, 3.05) is 4.90 Å². The maximum atomic E-state index is 7.00. The van der Waals surface area contributed by atoms with Gasteiger partial charge in [0, 0.05) is 34.7 Å². The molecule has 0 amide bonds. The fourth-order valence-corrected chi connectivity index (χ4v) is 11.4. The van der Waals surface area contributed by atoms with Crippen LogP contribution < -0.4 is 15.0 Å². The van der Waals surface area contributed by atoms with Crippen molar-refractivity contribution >= 4 is 27.2 Å². The molecule has 1 spiro atoms. The number of allylic oxidation sites excluding steroid dienone is 4. The number of ether oxygens (including phenoxy) is 1. The van der Waals surface area contributed by atoms with E-state index in [2.05, 4.69) is 217 Å². The summed E-state index contributed by atoms with van der Waals surface area (Å²) in [6, 6.07) is 65.4. The van der Waals surface area contributed by atoms with Crippen LogP contribution in [0.3, 0.4) is 0 Å². The van der Waals surface area contributed by atoms with E-state index in [1.54, 1.807) is 0 Å². The molecule has 1 N–H and O–H groups in total. The molecule has 0 bridgehead atoms. The summed E-state index contributed by atoms with van der Waals surface area (Å²) in [6.07, 6.45) is 10.2. The quantitative estimate of drug-likeness (QED) is 0.177. The molecule has 3 nitrogen and oxygen atoms in total. The average Bonchev–Trinajstić information content (AvgIpc) is 3.84. The van der Waals surface area contributed by atoms with E-state index in [0.717, 1.165) is 23.6 Å². The zero-order valence-corrected chi connectivity index (χ0v) is 33.0. The Kier molecular flexibility index (Phi) is 7.83. The Balaban J connectivity index is 0.968. The largest absolute Gasteiger partial charge is 0.457 e. The van der Waals surface area contributed by atoms with Gasteiger partial charge in [-0.05, 0) is 79.5 Å². The van der Waals surface area contributed by atoms with E-state index in [-0.39, 0.29) is 29.6 Å². The van der Waals surface area contributed by atoms with Gasteiger partial charge in [-0.15, -0.1) is 0 Å². The summed E-state index contributed by atoms with van der Waals surface area (Å²) in [5.74, 6) is 2.43. The molecule has 4 aliphatic rings. The smallest absolute Gasteiger partial charge is 0.133 e. The van der Waals surface area contributed by atoms with Crippen molar-refractivity contribution in [2.45, 2.75) is 42.9 Å². The van der Waals surface area contributed by atoms with Crippen molar-refractivity contribution in [3.63, 3.8) is 0 Å². The lowest BCUT2D eigenvalue weighted by molar-refractivity contribution is 0.374. The maximum absolute atomic E-state index is 7.00. The third-order valence-corrected chi connectivity index (χ3v) is 13.8. The molecule has 2 aliphatic carbocycles. The minimum absolute atomic E-state index is 0.0267. The Morgan fingerprint density at radius 2 is 1.27 bits per heavy atom. The fourth-order valence-electron chi connectivity index (χ4n) is 11.4. The van der Waals surface area contributed by atoms with Crippen LogP contribution in [0.5, 0.6) is 11.5 Å². The highest BCUT2D eigenvalue weighted by molar-refractivity contribution is 6.13. The molecule has 8 aromatic carbocycles. The molecule has 6 unspecified atom stereocenters. The zero-order valence-electron chi connectivity index (χ0n) is 33.0. The normalized spacial score (nSPS) is 23.5. The van der Waals surface area contributed by atoms with Crippen LogP contribution >= 0.6 is 0 Å². The Labute approximate surface area is 345 Å². The van der Waals surface area contributed by atoms with Crippen LogP contribution in [-0.4, -0.2) is 6.04 Å². The van der Waals surface area contributed by atoms with Gasteiger partial charge in [0.2, 0.25) is 0 Å². The van der Waals surface area contributed by atoms with Gasteiger partial charge in [-0.2, -0.15) is 0 Å². The van der Waals surface area contributed by atoms with E-state index >= 15 is 0 Å². The van der Waals surface area contributed by atoms with Gasteiger partial charge < -0.3 is 9.64 Å². The zero-order chi connectivity index (χ0) is 39.1. The molecule has 2 heterocycles. The summed E-state index contributed by atoms with van der Waals surface area (Å²) >= 11 is 0. The highest BCUT2D eigenvalue weighted by atomic mass is 16.5. The highest BCUT2D eigenvalue weighted by Crippen LogP contribution is 2.65. The lowest BCUT2D eigenvalue weighted by Crippen LogP contribution is -2.38. The molecule has 1 saturated heterocycles. The summed E-state index contributed by atoms with van der Waals surface area (Å²) in [7, 11) is 0. The Morgan fingerprint density at radius 3 is 2.12 bits per heavy atom. The first kappa shape index (κ1) is 34.4. The summed E-state index contributed by atoms with van der Waals surface area (Å²) in [6.45, 7) is 2.33. The van der Waals surface area contributed by atoms with E-state index in [9.17, 15) is 0 Å². The topological polar surface area (TPSA) is 24.5 Å². The maximum Gasteiger partial charge on any atom is 0.133 e. The van der Waals surface area contributed by atoms with Crippen molar-refractivity contribution < 1.29 is 4.74 Å². The first-order chi connectivity index (χ1) is 29.2. The summed E-state index contributed by atoms with van der Waals surface area (Å²) < 4.78 is 7.00. The van der Waals surface area contributed by atoms with Crippen LogP contribution in [0.15, 0.2) is 200 Å². The Morgan fingerprint density at radius 1 is 0.576 bits per heavy atom. The predicted molar refractivity (Wildman–Crippen MR) is 242 cm³/mol. The molecule has 6 atom stereocenters. The molecule has 0 aromatic heterocycles. The van der Waals surface area contributed by atoms with Gasteiger partial charge in [0.1, 0.15) is 17.7 Å². The van der Waals surface area contributed by atoms with Gasteiger partial charge in [0.25, 0.3) is 0 Å². The first-order valence-electron chi connectivity index (χ1n) is 21.2. The number of benzene rings is 8. The third-order valence-electron chi connectivity index (χ3n) is 13.8. The molecule has 1 fully saturated rings. The Hall–Kier alpha value is -6.68. The molecule has 0 radical (unpaired) electrons. The number of nitrogens with one attached hydrogen (secondary N) is 1. The van der Waals surface area contributed by atoms with E-state index < -0.39 is 0 Å². The van der Waals surface area contributed by atoms with E-state index in [0.29, 0.717) is 5.92 Å². The Bertz CT molecular complexity index is 2980. The number of anilines is 1. The van der Waals surface area contributed by atoms with Gasteiger partial charge in [-0.3, -0.25) is 5.32 Å². The summed E-state index contributed by atoms with van der Waals surface area (Å²) in [4.78, 5) is 2.62. The van der Waals surface area contributed by atoms with Crippen molar-refractivity contribution in [1.29, 1.82) is 0 Å². The molecule has 8 aromatic rings. The third kappa shape index (κ3) is 5.04. The van der Waals surface area contributed by atoms with Gasteiger partial charge in [-0.25, -0.2) is 0 Å². The minimum atomic E-state index is -0.363.